The van der Waals surface area contributed by atoms with Crippen molar-refractivity contribution in [2.75, 3.05) is 50.6 Å². The van der Waals surface area contributed by atoms with Crippen LogP contribution in [0.5, 0.6) is 0 Å². The average molecular weight is 346 g/mol. The molecule has 2 fully saturated rings. The molecule has 7 heteroatoms. The Morgan fingerprint density at radius 1 is 1.32 bits per heavy atom. The molecule has 1 amide bonds. The SMILES string of the molecule is CCc1cc(N2CC(NC(=O)CNC)C(C3CC3)C2)nc(N(C)C)n1. The van der Waals surface area contributed by atoms with Crippen LogP contribution in [0, 0.1) is 11.8 Å². The first-order valence-corrected chi connectivity index (χ1v) is 9.26. The van der Waals surface area contributed by atoms with Gasteiger partial charge in [-0.1, -0.05) is 6.92 Å². The zero-order valence-electron chi connectivity index (χ0n) is 15.7. The lowest BCUT2D eigenvalue weighted by Crippen LogP contribution is -2.44. The third-order valence-corrected chi connectivity index (χ3v) is 5.12. The van der Waals surface area contributed by atoms with E-state index in [1.165, 1.54) is 12.8 Å². The van der Waals surface area contributed by atoms with Crippen molar-refractivity contribution < 1.29 is 4.79 Å². The number of amides is 1. The maximum Gasteiger partial charge on any atom is 0.234 e. The van der Waals surface area contributed by atoms with Crippen molar-refractivity contribution in [1.82, 2.24) is 20.6 Å². The third-order valence-electron chi connectivity index (χ3n) is 5.12. The predicted molar refractivity (Wildman–Crippen MR) is 100 cm³/mol. The summed E-state index contributed by atoms with van der Waals surface area (Å²) in [6.07, 6.45) is 3.45. The molecule has 0 spiro atoms. The highest BCUT2D eigenvalue weighted by molar-refractivity contribution is 5.78. The summed E-state index contributed by atoms with van der Waals surface area (Å²) in [6, 6.07) is 2.30. The molecule has 1 aromatic heterocycles. The number of nitrogens with one attached hydrogen (secondary N) is 2. The summed E-state index contributed by atoms with van der Waals surface area (Å²) in [5.41, 5.74) is 1.05. The zero-order chi connectivity index (χ0) is 18.0. The van der Waals surface area contributed by atoms with E-state index in [1.807, 2.05) is 19.0 Å². The molecule has 2 aliphatic rings. The van der Waals surface area contributed by atoms with Gasteiger partial charge in [0, 0.05) is 44.9 Å². The Labute approximate surface area is 150 Å². The number of hydrogen-bond acceptors (Lipinski definition) is 6. The lowest BCUT2D eigenvalue weighted by atomic mass is 9.98. The normalized spacial score (nSPS) is 23.0. The van der Waals surface area contributed by atoms with Crippen molar-refractivity contribution in [1.29, 1.82) is 0 Å². The van der Waals surface area contributed by atoms with Crippen LogP contribution in [0.4, 0.5) is 11.8 Å². The highest BCUT2D eigenvalue weighted by atomic mass is 16.2. The van der Waals surface area contributed by atoms with Gasteiger partial charge in [-0.25, -0.2) is 4.98 Å². The Morgan fingerprint density at radius 2 is 2.08 bits per heavy atom. The number of hydrogen-bond donors (Lipinski definition) is 2. The van der Waals surface area contributed by atoms with Crippen molar-refractivity contribution in [3.63, 3.8) is 0 Å². The largest absolute Gasteiger partial charge is 0.354 e. The molecule has 138 valence electrons. The van der Waals surface area contributed by atoms with Crippen LogP contribution in [0.2, 0.25) is 0 Å². The van der Waals surface area contributed by atoms with Gasteiger partial charge in [-0.2, -0.15) is 4.98 Å². The highest BCUT2D eigenvalue weighted by Gasteiger charge is 2.43. The van der Waals surface area contributed by atoms with Gasteiger partial charge >= 0.3 is 0 Å². The molecule has 0 bridgehead atoms. The summed E-state index contributed by atoms with van der Waals surface area (Å²) < 4.78 is 0. The number of nitrogens with zero attached hydrogens (tertiary/aromatic N) is 4. The van der Waals surface area contributed by atoms with Crippen molar-refractivity contribution in [2.45, 2.75) is 32.2 Å². The first-order valence-electron chi connectivity index (χ1n) is 9.26. The molecule has 1 saturated carbocycles. The topological polar surface area (TPSA) is 73.4 Å². The van der Waals surface area contributed by atoms with Gasteiger partial charge in [0.2, 0.25) is 11.9 Å². The first kappa shape index (κ1) is 17.9. The molecule has 25 heavy (non-hydrogen) atoms. The minimum absolute atomic E-state index is 0.0749. The molecule has 7 nitrogen and oxygen atoms in total. The molecular weight excluding hydrogens is 316 g/mol. The van der Waals surface area contributed by atoms with Gasteiger partial charge in [0.15, 0.2) is 0 Å². The van der Waals surface area contributed by atoms with E-state index in [0.717, 1.165) is 42.9 Å². The molecule has 2 atom stereocenters. The predicted octanol–water partition coefficient (Wildman–Crippen LogP) is 0.655. The fourth-order valence-corrected chi connectivity index (χ4v) is 3.60. The number of rotatable bonds is 7. The van der Waals surface area contributed by atoms with E-state index in [0.29, 0.717) is 12.5 Å². The standard InChI is InChI=1S/C18H30N6O/c1-5-13-8-16(22-18(20-13)23(3)4)24-10-14(12-6-7-12)15(11-24)21-17(25)9-19-2/h8,12,14-15,19H,5-7,9-11H2,1-4H3,(H,21,25). The Kier molecular flexibility index (Phi) is 5.42. The zero-order valence-corrected chi connectivity index (χ0v) is 15.7. The second kappa shape index (κ2) is 7.56. The number of likely N-dealkylation sites (N-methyl/N-ethyl adjacent to an activating group) is 1. The van der Waals surface area contributed by atoms with Crippen LogP contribution in [0.1, 0.15) is 25.5 Å². The third kappa shape index (κ3) is 4.21. The number of carbonyl (C=O) groups excluding carboxylic acids is 1. The first-order chi connectivity index (χ1) is 12.0. The quantitative estimate of drug-likeness (QED) is 0.755. The smallest absolute Gasteiger partial charge is 0.234 e. The Balaban J connectivity index is 1.78. The molecule has 0 aromatic carbocycles. The Hall–Kier alpha value is -1.89. The molecule has 2 heterocycles. The van der Waals surface area contributed by atoms with E-state index in [9.17, 15) is 4.79 Å². The molecule has 1 aromatic rings. The number of anilines is 2. The van der Waals surface area contributed by atoms with Gasteiger partial charge in [0.1, 0.15) is 5.82 Å². The van der Waals surface area contributed by atoms with Gasteiger partial charge in [0.05, 0.1) is 12.6 Å². The second-order valence-electron chi connectivity index (χ2n) is 7.38. The lowest BCUT2D eigenvalue weighted by Gasteiger charge is -2.21. The molecule has 1 saturated heterocycles. The van der Waals surface area contributed by atoms with Crippen LogP contribution in [0.25, 0.3) is 0 Å². The van der Waals surface area contributed by atoms with Gasteiger partial charge < -0.3 is 20.4 Å². The van der Waals surface area contributed by atoms with Gasteiger partial charge in [0.25, 0.3) is 0 Å². The number of carbonyl (C=O) groups is 1. The molecule has 1 aliphatic heterocycles. The summed E-state index contributed by atoms with van der Waals surface area (Å²) in [5.74, 6) is 3.06. The van der Waals surface area contributed by atoms with E-state index in [-0.39, 0.29) is 11.9 Å². The minimum Gasteiger partial charge on any atom is -0.354 e. The molecule has 3 rings (SSSR count). The molecular formula is C18H30N6O. The fraction of sp³-hybridized carbons (Fsp3) is 0.722. The average Bonchev–Trinajstić information content (AvgIpc) is 3.35. The van der Waals surface area contributed by atoms with Crippen LogP contribution in [0.3, 0.4) is 0 Å². The lowest BCUT2D eigenvalue weighted by molar-refractivity contribution is -0.121. The highest BCUT2D eigenvalue weighted by Crippen LogP contribution is 2.42. The van der Waals surface area contributed by atoms with E-state index in [1.54, 1.807) is 7.05 Å². The summed E-state index contributed by atoms with van der Waals surface area (Å²) in [4.78, 5) is 25.7. The van der Waals surface area contributed by atoms with Crippen LogP contribution >= 0.6 is 0 Å². The van der Waals surface area contributed by atoms with Gasteiger partial charge in [-0.05, 0) is 32.2 Å². The van der Waals surface area contributed by atoms with Gasteiger partial charge in [-0.3, -0.25) is 4.79 Å². The minimum atomic E-state index is 0.0749. The van der Waals surface area contributed by atoms with Crippen molar-refractivity contribution in [2.24, 2.45) is 11.8 Å². The van der Waals surface area contributed by atoms with E-state index in [2.05, 4.69) is 33.5 Å². The van der Waals surface area contributed by atoms with Crippen LogP contribution in [-0.4, -0.2) is 62.7 Å². The van der Waals surface area contributed by atoms with E-state index in [4.69, 9.17) is 4.98 Å². The Morgan fingerprint density at radius 3 is 2.68 bits per heavy atom. The monoisotopic (exact) mass is 346 g/mol. The van der Waals surface area contributed by atoms with Crippen LogP contribution < -0.4 is 20.4 Å². The molecule has 1 aliphatic carbocycles. The Bertz CT molecular complexity index is 616. The number of aromatic nitrogens is 2. The summed E-state index contributed by atoms with van der Waals surface area (Å²) in [7, 11) is 5.74. The molecule has 2 unspecified atom stereocenters. The van der Waals surface area contributed by atoms with Crippen LogP contribution in [0.15, 0.2) is 6.07 Å². The summed E-state index contributed by atoms with van der Waals surface area (Å²) in [6.45, 7) is 4.27. The molecule has 2 N–H and O–H groups in total. The summed E-state index contributed by atoms with van der Waals surface area (Å²) >= 11 is 0. The molecule has 0 radical (unpaired) electrons. The van der Waals surface area contributed by atoms with Crippen molar-refractivity contribution in [3.8, 4) is 0 Å². The van der Waals surface area contributed by atoms with E-state index >= 15 is 0 Å². The van der Waals surface area contributed by atoms with Crippen LogP contribution in [-0.2, 0) is 11.2 Å². The number of aryl methyl sites for hydroxylation is 1. The second-order valence-corrected chi connectivity index (χ2v) is 7.38. The maximum atomic E-state index is 12.1. The van der Waals surface area contributed by atoms with Crippen molar-refractivity contribution >= 4 is 17.7 Å². The van der Waals surface area contributed by atoms with Crippen molar-refractivity contribution in [3.05, 3.63) is 11.8 Å². The maximum absolute atomic E-state index is 12.1. The summed E-state index contributed by atoms with van der Waals surface area (Å²) in [5, 5.41) is 6.15. The fourth-order valence-electron chi connectivity index (χ4n) is 3.60. The van der Waals surface area contributed by atoms with Gasteiger partial charge in [-0.15, -0.1) is 0 Å². The van der Waals surface area contributed by atoms with E-state index < -0.39 is 0 Å².